The molecule has 0 spiro atoms. The molecular formula is C13H12N4OS. The molecule has 2 aromatic heterocycles. The van der Waals surface area contributed by atoms with Crippen LogP contribution in [0.25, 0.3) is 11.0 Å². The van der Waals surface area contributed by atoms with Gasteiger partial charge in [-0.2, -0.15) is 0 Å². The van der Waals surface area contributed by atoms with Crippen molar-refractivity contribution in [2.45, 2.75) is 13.5 Å². The van der Waals surface area contributed by atoms with Gasteiger partial charge in [-0.05, 0) is 25.1 Å². The molecule has 1 aromatic carbocycles. The summed E-state index contributed by atoms with van der Waals surface area (Å²) in [6, 6.07) is 5.41. The van der Waals surface area contributed by atoms with E-state index < -0.39 is 0 Å². The highest BCUT2D eigenvalue weighted by molar-refractivity contribution is 7.09. The number of aryl methyl sites for hydroxylation is 1. The van der Waals surface area contributed by atoms with Gasteiger partial charge in [0.2, 0.25) is 0 Å². The van der Waals surface area contributed by atoms with Crippen LogP contribution in [0.15, 0.2) is 30.0 Å². The van der Waals surface area contributed by atoms with Crippen molar-refractivity contribution in [3.05, 3.63) is 46.2 Å². The normalized spacial score (nSPS) is 10.8. The zero-order valence-corrected chi connectivity index (χ0v) is 11.1. The van der Waals surface area contributed by atoms with Gasteiger partial charge < -0.3 is 10.3 Å². The monoisotopic (exact) mass is 272 g/mol. The number of amides is 1. The minimum absolute atomic E-state index is 0.0932. The predicted molar refractivity (Wildman–Crippen MR) is 74.1 cm³/mol. The van der Waals surface area contributed by atoms with Gasteiger partial charge in [-0.1, -0.05) is 0 Å². The number of aromatic nitrogens is 3. The lowest BCUT2D eigenvalue weighted by molar-refractivity contribution is 0.0951. The van der Waals surface area contributed by atoms with Crippen molar-refractivity contribution in [3.8, 4) is 0 Å². The lowest BCUT2D eigenvalue weighted by atomic mass is 10.2. The van der Waals surface area contributed by atoms with Gasteiger partial charge in [0, 0.05) is 10.4 Å². The molecule has 0 atom stereocenters. The van der Waals surface area contributed by atoms with Gasteiger partial charge in [0.05, 0.1) is 35.1 Å². The second-order valence-electron chi connectivity index (χ2n) is 4.18. The van der Waals surface area contributed by atoms with Crippen molar-refractivity contribution in [2.24, 2.45) is 0 Å². The van der Waals surface area contributed by atoms with E-state index in [1.54, 1.807) is 35.3 Å². The smallest absolute Gasteiger partial charge is 0.251 e. The van der Waals surface area contributed by atoms with Crippen LogP contribution in [-0.2, 0) is 6.54 Å². The van der Waals surface area contributed by atoms with Crippen LogP contribution in [0.2, 0.25) is 0 Å². The van der Waals surface area contributed by atoms with Gasteiger partial charge in [-0.25, -0.2) is 9.97 Å². The molecule has 19 heavy (non-hydrogen) atoms. The van der Waals surface area contributed by atoms with Gasteiger partial charge in [0.25, 0.3) is 5.91 Å². The molecule has 3 rings (SSSR count). The fraction of sp³-hybridized carbons (Fsp3) is 0.154. The Bertz CT molecular complexity index is 731. The van der Waals surface area contributed by atoms with Crippen LogP contribution >= 0.6 is 11.3 Å². The van der Waals surface area contributed by atoms with Gasteiger partial charge in [0.15, 0.2) is 0 Å². The summed E-state index contributed by atoms with van der Waals surface area (Å²) in [6.45, 7) is 2.45. The number of thiazole rings is 1. The summed E-state index contributed by atoms with van der Waals surface area (Å²) in [5.74, 6) is -0.0932. The Morgan fingerprint density at radius 2 is 2.32 bits per heavy atom. The zero-order chi connectivity index (χ0) is 13.2. The van der Waals surface area contributed by atoms with Crippen LogP contribution in [0.3, 0.4) is 0 Å². The number of H-pyrrole nitrogens is 1. The molecule has 96 valence electrons. The number of nitrogens with zero attached hydrogens (tertiary/aromatic N) is 2. The maximum absolute atomic E-state index is 12.1. The van der Waals surface area contributed by atoms with Crippen molar-refractivity contribution in [1.29, 1.82) is 0 Å². The van der Waals surface area contributed by atoms with E-state index in [2.05, 4.69) is 20.3 Å². The zero-order valence-electron chi connectivity index (χ0n) is 10.3. The lowest BCUT2D eigenvalue weighted by Gasteiger charge is -2.04. The van der Waals surface area contributed by atoms with Gasteiger partial charge in [-0.3, -0.25) is 4.79 Å². The number of rotatable bonds is 3. The summed E-state index contributed by atoms with van der Waals surface area (Å²) >= 11 is 1.55. The standard InChI is InChI=1S/C13H12N4OS/c1-8-12(19-7-17-8)5-14-13(18)9-2-3-10-11(4-9)16-6-15-10/h2-4,6-7H,5H2,1H3,(H,14,18)(H,15,16). The van der Waals surface area contributed by atoms with E-state index in [4.69, 9.17) is 0 Å². The highest BCUT2D eigenvalue weighted by Crippen LogP contribution is 2.13. The molecule has 1 amide bonds. The van der Waals surface area contributed by atoms with Crippen LogP contribution in [-0.4, -0.2) is 20.9 Å². The Morgan fingerprint density at radius 1 is 1.42 bits per heavy atom. The summed E-state index contributed by atoms with van der Waals surface area (Å²) in [7, 11) is 0. The SMILES string of the molecule is Cc1ncsc1CNC(=O)c1ccc2nc[nH]c2c1. The average molecular weight is 272 g/mol. The van der Waals surface area contributed by atoms with Crippen molar-refractivity contribution in [1.82, 2.24) is 20.3 Å². The largest absolute Gasteiger partial charge is 0.347 e. The molecule has 2 heterocycles. The Balaban J connectivity index is 1.74. The number of fused-ring (bicyclic) bond motifs is 1. The van der Waals surface area contributed by atoms with E-state index >= 15 is 0 Å². The molecule has 0 fully saturated rings. The molecule has 0 bridgehead atoms. The fourth-order valence-electron chi connectivity index (χ4n) is 1.84. The molecular weight excluding hydrogens is 260 g/mol. The third-order valence-corrected chi connectivity index (χ3v) is 3.87. The molecule has 0 radical (unpaired) electrons. The number of aromatic amines is 1. The predicted octanol–water partition coefficient (Wildman–Crippen LogP) is 2.26. The number of hydrogen-bond donors (Lipinski definition) is 2. The highest BCUT2D eigenvalue weighted by Gasteiger charge is 2.08. The molecule has 0 aliphatic heterocycles. The van der Waals surface area contributed by atoms with Crippen LogP contribution in [0, 0.1) is 6.92 Å². The third kappa shape index (κ3) is 2.34. The van der Waals surface area contributed by atoms with Gasteiger partial charge >= 0.3 is 0 Å². The maximum Gasteiger partial charge on any atom is 0.251 e. The lowest BCUT2D eigenvalue weighted by Crippen LogP contribution is -2.22. The molecule has 2 N–H and O–H groups in total. The molecule has 3 aromatic rings. The molecule has 0 unspecified atom stereocenters. The topological polar surface area (TPSA) is 70.7 Å². The van der Waals surface area contributed by atoms with Crippen LogP contribution in [0.1, 0.15) is 20.9 Å². The van der Waals surface area contributed by atoms with E-state index in [9.17, 15) is 4.79 Å². The Kier molecular flexibility index (Phi) is 3.00. The van der Waals surface area contributed by atoms with Gasteiger partial charge in [-0.15, -0.1) is 11.3 Å². The quantitative estimate of drug-likeness (QED) is 0.768. The second kappa shape index (κ2) is 4.81. The van der Waals surface area contributed by atoms with Crippen LogP contribution in [0.5, 0.6) is 0 Å². The first-order valence-corrected chi connectivity index (χ1v) is 6.72. The molecule has 0 aliphatic carbocycles. The van der Waals surface area contributed by atoms with E-state index in [1.807, 2.05) is 13.0 Å². The maximum atomic E-state index is 12.1. The first kappa shape index (κ1) is 11.9. The van der Waals surface area contributed by atoms with E-state index in [1.165, 1.54) is 0 Å². The summed E-state index contributed by atoms with van der Waals surface area (Å²) in [5.41, 5.74) is 5.10. The number of hydrogen-bond acceptors (Lipinski definition) is 4. The van der Waals surface area contributed by atoms with Crippen molar-refractivity contribution < 1.29 is 4.79 Å². The molecule has 6 heteroatoms. The number of carbonyl (C=O) groups excluding carboxylic acids is 1. The minimum atomic E-state index is -0.0932. The summed E-state index contributed by atoms with van der Waals surface area (Å²) < 4.78 is 0. The third-order valence-electron chi connectivity index (χ3n) is 2.94. The van der Waals surface area contributed by atoms with Crippen LogP contribution < -0.4 is 5.32 Å². The summed E-state index contributed by atoms with van der Waals surface area (Å²) in [6.07, 6.45) is 1.62. The molecule has 0 aliphatic rings. The molecule has 0 saturated heterocycles. The second-order valence-corrected chi connectivity index (χ2v) is 5.12. The van der Waals surface area contributed by atoms with E-state index in [0.717, 1.165) is 21.6 Å². The van der Waals surface area contributed by atoms with Crippen LogP contribution in [0.4, 0.5) is 0 Å². The number of nitrogens with one attached hydrogen (secondary N) is 2. The number of imidazole rings is 1. The number of carbonyl (C=O) groups is 1. The highest BCUT2D eigenvalue weighted by atomic mass is 32.1. The first-order chi connectivity index (χ1) is 9.24. The molecule has 5 nitrogen and oxygen atoms in total. The minimum Gasteiger partial charge on any atom is -0.347 e. The summed E-state index contributed by atoms with van der Waals surface area (Å²) in [4.78, 5) is 24.4. The van der Waals surface area contributed by atoms with E-state index in [0.29, 0.717) is 12.1 Å². The number of benzene rings is 1. The van der Waals surface area contributed by atoms with E-state index in [-0.39, 0.29) is 5.91 Å². The first-order valence-electron chi connectivity index (χ1n) is 5.84. The fourth-order valence-corrected chi connectivity index (χ4v) is 2.55. The average Bonchev–Trinajstić information content (AvgIpc) is 3.03. The molecule has 0 saturated carbocycles. The Morgan fingerprint density at radius 3 is 3.11 bits per heavy atom. The Hall–Kier alpha value is -2.21. The Labute approximate surface area is 113 Å². The van der Waals surface area contributed by atoms with Gasteiger partial charge in [0.1, 0.15) is 0 Å². The van der Waals surface area contributed by atoms with Crippen molar-refractivity contribution >= 4 is 28.3 Å². The van der Waals surface area contributed by atoms with Crippen molar-refractivity contribution in [3.63, 3.8) is 0 Å². The summed E-state index contributed by atoms with van der Waals surface area (Å²) in [5, 5.41) is 2.90. The van der Waals surface area contributed by atoms with Crippen molar-refractivity contribution in [2.75, 3.05) is 0 Å².